The van der Waals surface area contributed by atoms with E-state index in [9.17, 15) is 4.79 Å². The molecule has 0 aliphatic heterocycles. The second kappa shape index (κ2) is 10.8. The Kier molecular flexibility index (Phi) is 8.14. The SMILES string of the molecule is CCC(NC(=O)CSc1nnc(NCCc2cccs2)s1)c1ccc(Cl)cc1. The Balaban J connectivity index is 1.42. The smallest absolute Gasteiger partial charge is 0.230 e. The summed E-state index contributed by atoms with van der Waals surface area (Å²) in [7, 11) is 0. The molecule has 0 radical (unpaired) electrons. The molecule has 1 atom stereocenters. The number of rotatable bonds is 10. The summed E-state index contributed by atoms with van der Waals surface area (Å²) in [4.78, 5) is 13.7. The lowest BCUT2D eigenvalue weighted by molar-refractivity contribution is -0.119. The highest BCUT2D eigenvalue weighted by Crippen LogP contribution is 2.26. The number of thioether (sulfide) groups is 1. The van der Waals surface area contributed by atoms with Crippen LogP contribution in [-0.4, -0.2) is 28.4 Å². The minimum atomic E-state index is -0.0193. The first kappa shape index (κ1) is 21.1. The van der Waals surface area contributed by atoms with E-state index >= 15 is 0 Å². The van der Waals surface area contributed by atoms with Crippen molar-refractivity contribution in [2.24, 2.45) is 0 Å². The highest BCUT2D eigenvalue weighted by atomic mass is 35.5. The lowest BCUT2D eigenvalue weighted by Crippen LogP contribution is -2.29. The minimum absolute atomic E-state index is 0.0192. The van der Waals surface area contributed by atoms with Crippen LogP contribution in [0.5, 0.6) is 0 Å². The molecule has 1 unspecified atom stereocenters. The summed E-state index contributed by atoms with van der Waals surface area (Å²) in [6.45, 7) is 2.87. The molecule has 28 heavy (non-hydrogen) atoms. The van der Waals surface area contributed by atoms with Crippen LogP contribution < -0.4 is 10.6 Å². The fraction of sp³-hybridized carbons (Fsp3) is 0.316. The van der Waals surface area contributed by atoms with Crippen LogP contribution in [-0.2, 0) is 11.2 Å². The maximum atomic E-state index is 12.3. The number of anilines is 1. The molecule has 0 spiro atoms. The Morgan fingerprint density at radius 1 is 1.25 bits per heavy atom. The monoisotopic (exact) mass is 452 g/mol. The number of carbonyl (C=O) groups excluding carboxylic acids is 1. The molecule has 0 bridgehead atoms. The zero-order chi connectivity index (χ0) is 19.8. The van der Waals surface area contributed by atoms with Crippen molar-refractivity contribution in [2.45, 2.75) is 30.1 Å². The number of nitrogens with one attached hydrogen (secondary N) is 2. The van der Waals surface area contributed by atoms with Gasteiger partial charge in [-0.25, -0.2) is 0 Å². The van der Waals surface area contributed by atoms with E-state index in [1.54, 1.807) is 11.3 Å². The number of benzene rings is 1. The van der Waals surface area contributed by atoms with Crippen molar-refractivity contribution in [3.05, 3.63) is 57.2 Å². The van der Waals surface area contributed by atoms with Crippen LogP contribution in [0.1, 0.15) is 29.8 Å². The molecule has 3 rings (SSSR count). The summed E-state index contributed by atoms with van der Waals surface area (Å²) in [6.07, 6.45) is 1.78. The summed E-state index contributed by atoms with van der Waals surface area (Å²) in [5.74, 6) is 0.294. The topological polar surface area (TPSA) is 66.9 Å². The standard InChI is InChI=1S/C19H21ClN4OS3/c1-2-16(13-5-7-14(20)8-6-13)22-17(25)12-27-19-24-23-18(28-19)21-10-9-15-4-3-11-26-15/h3-8,11,16H,2,9-10,12H2,1H3,(H,21,23)(H,22,25). The Morgan fingerprint density at radius 2 is 2.07 bits per heavy atom. The first-order valence-electron chi connectivity index (χ1n) is 8.91. The number of hydrogen-bond acceptors (Lipinski definition) is 7. The molecular formula is C19H21ClN4OS3. The third-order valence-corrected chi connectivity index (χ3v) is 7.18. The first-order valence-corrected chi connectivity index (χ1v) is 12.0. The predicted octanol–water partition coefficient (Wildman–Crippen LogP) is 5.27. The van der Waals surface area contributed by atoms with E-state index in [1.807, 2.05) is 31.2 Å². The summed E-state index contributed by atoms with van der Waals surface area (Å²) >= 11 is 10.6. The highest BCUT2D eigenvalue weighted by Gasteiger charge is 2.14. The lowest BCUT2D eigenvalue weighted by atomic mass is 10.0. The lowest BCUT2D eigenvalue weighted by Gasteiger charge is -2.17. The van der Waals surface area contributed by atoms with Crippen molar-refractivity contribution in [3.63, 3.8) is 0 Å². The fourth-order valence-electron chi connectivity index (χ4n) is 2.57. The largest absolute Gasteiger partial charge is 0.360 e. The van der Waals surface area contributed by atoms with Crippen molar-refractivity contribution < 1.29 is 4.79 Å². The highest BCUT2D eigenvalue weighted by molar-refractivity contribution is 8.01. The molecule has 1 amide bonds. The van der Waals surface area contributed by atoms with E-state index in [0.717, 1.165) is 34.4 Å². The number of aromatic nitrogens is 2. The number of halogens is 1. The maximum absolute atomic E-state index is 12.3. The number of nitrogens with zero attached hydrogens (tertiary/aromatic N) is 2. The van der Waals surface area contributed by atoms with Crippen LogP contribution in [0.15, 0.2) is 46.1 Å². The molecule has 1 aromatic carbocycles. The maximum Gasteiger partial charge on any atom is 0.230 e. The summed E-state index contributed by atoms with van der Waals surface area (Å²) < 4.78 is 0.785. The van der Waals surface area contributed by atoms with E-state index in [0.29, 0.717) is 10.8 Å². The van der Waals surface area contributed by atoms with Crippen LogP contribution in [0.3, 0.4) is 0 Å². The predicted molar refractivity (Wildman–Crippen MR) is 120 cm³/mol. The molecule has 0 saturated heterocycles. The van der Waals surface area contributed by atoms with E-state index in [1.165, 1.54) is 28.0 Å². The molecule has 0 aliphatic rings. The van der Waals surface area contributed by atoms with E-state index in [-0.39, 0.29) is 11.9 Å². The molecule has 0 saturated carbocycles. The second-order valence-electron chi connectivity index (χ2n) is 6.00. The molecule has 0 fully saturated rings. The molecule has 2 aromatic heterocycles. The molecule has 3 aromatic rings. The summed E-state index contributed by atoms with van der Waals surface area (Å²) in [6, 6.07) is 11.7. The third-order valence-electron chi connectivity index (χ3n) is 3.98. The number of amides is 1. The van der Waals surface area contributed by atoms with Gasteiger partial charge in [0.1, 0.15) is 0 Å². The van der Waals surface area contributed by atoms with Gasteiger partial charge in [0.2, 0.25) is 11.0 Å². The average Bonchev–Trinajstić information content (AvgIpc) is 3.37. The van der Waals surface area contributed by atoms with Gasteiger partial charge in [0.15, 0.2) is 4.34 Å². The van der Waals surface area contributed by atoms with Crippen LogP contribution in [0.2, 0.25) is 5.02 Å². The van der Waals surface area contributed by atoms with Gasteiger partial charge in [0.05, 0.1) is 11.8 Å². The van der Waals surface area contributed by atoms with Crippen molar-refractivity contribution in [2.75, 3.05) is 17.6 Å². The number of hydrogen-bond donors (Lipinski definition) is 2. The van der Waals surface area contributed by atoms with Crippen molar-refractivity contribution in [1.29, 1.82) is 0 Å². The Hall–Kier alpha value is -1.61. The quantitative estimate of drug-likeness (QED) is 0.410. The van der Waals surface area contributed by atoms with Crippen LogP contribution >= 0.6 is 46.0 Å². The number of thiophene rings is 1. The molecule has 9 heteroatoms. The Bertz CT molecular complexity index is 868. The molecule has 148 valence electrons. The molecule has 2 heterocycles. The fourth-order valence-corrected chi connectivity index (χ4v) is 4.99. The van der Waals surface area contributed by atoms with Gasteiger partial charge in [0.25, 0.3) is 0 Å². The van der Waals surface area contributed by atoms with Crippen molar-refractivity contribution in [3.8, 4) is 0 Å². The van der Waals surface area contributed by atoms with Gasteiger partial charge in [-0.05, 0) is 42.0 Å². The van der Waals surface area contributed by atoms with E-state index in [2.05, 4.69) is 38.3 Å². The normalized spacial score (nSPS) is 11.9. The van der Waals surface area contributed by atoms with Crippen molar-refractivity contribution in [1.82, 2.24) is 15.5 Å². The van der Waals surface area contributed by atoms with Gasteiger partial charge >= 0.3 is 0 Å². The Labute approximate surface area is 181 Å². The van der Waals surface area contributed by atoms with Gasteiger partial charge in [-0.2, -0.15) is 0 Å². The van der Waals surface area contributed by atoms with Gasteiger partial charge in [0, 0.05) is 16.4 Å². The van der Waals surface area contributed by atoms with Crippen LogP contribution in [0.4, 0.5) is 5.13 Å². The van der Waals surface area contributed by atoms with Gasteiger partial charge in [-0.1, -0.05) is 59.8 Å². The zero-order valence-corrected chi connectivity index (χ0v) is 18.6. The average molecular weight is 453 g/mol. The van der Waals surface area contributed by atoms with Crippen LogP contribution in [0.25, 0.3) is 0 Å². The number of carbonyl (C=O) groups is 1. The second-order valence-corrected chi connectivity index (χ2v) is 9.67. The molecule has 2 N–H and O–H groups in total. The van der Waals surface area contributed by atoms with Gasteiger partial charge in [-0.15, -0.1) is 21.5 Å². The third kappa shape index (κ3) is 6.48. The summed E-state index contributed by atoms with van der Waals surface area (Å²) in [5, 5.41) is 18.2. The molecular weight excluding hydrogens is 432 g/mol. The first-order chi connectivity index (χ1) is 13.6. The van der Waals surface area contributed by atoms with Gasteiger partial charge < -0.3 is 10.6 Å². The van der Waals surface area contributed by atoms with E-state index in [4.69, 9.17) is 11.6 Å². The van der Waals surface area contributed by atoms with Gasteiger partial charge in [-0.3, -0.25) is 4.79 Å². The molecule has 5 nitrogen and oxygen atoms in total. The van der Waals surface area contributed by atoms with Crippen LogP contribution in [0, 0.1) is 0 Å². The molecule has 0 aliphatic carbocycles. The van der Waals surface area contributed by atoms with Crippen molar-refractivity contribution >= 4 is 57.1 Å². The Morgan fingerprint density at radius 3 is 2.79 bits per heavy atom. The van der Waals surface area contributed by atoms with E-state index < -0.39 is 0 Å². The minimum Gasteiger partial charge on any atom is -0.360 e. The zero-order valence-electron chi connectivity index (χ0n) is 15.4. The summed E-state index contributed by atoms with van der Waals surface area (Å²) in [5.41, 5.74) is 1.05.